The molecule has 3 heterocycles. The molecule has 4 aliphatic rings. The lowest BCUT2D eigenvalue weighted by molar-refractivity contribution is -0.120. The number of nitrogens with zero attached hydrogens (tertiary/aromatic N) is 3. The number of carbonyl (C=O) groups is 2. The molecule has 2 saturated heterocycles. The summed E-state index contributed by atoms with van der Waals surface area (Å²) in [5, 5.41) is 2.38. The summed E-state index contributed by atoms with van der Waals surface area (Å²) < 4.78 is 5.51. The Hall–Kier alpha value is -1.96. The summed E-state index contributed by atoms with van der Waals surface area (Å²) >= 11 is 0. The normalized spacial score (nSPS) is 27.9. The Bertz CT molecular complexity index is 834. The fourth-order valence-electron chi connectivity index (χ4n) is 5.23. The van der Waals surface area contributed by atoms with Gasteiger partial charge in [0.1, 0.15) is 0 Å². The van der Waals surface area contributed by atoms with Crippen LogP contribution in [0.25, 0.3) is 0 Å². The van der Waals surface area contributed by atoms with E-state index in [2.05, 4.69) is 22.6 Å². The molecule has 162 valence electrons. The van der Waals surface area contributed by atoms with E-state index in [9.17, 15) is 9.59 Å². The molecular weight excluding hydrogens is 380 g/mol. The molecule has 7 nitrogen and oxygen atoms in total. The lowest BCUT2D eigenvalue weighted by atomic mass is 9.96. The summed E-state index contributed by atoms with van der Waals surface area (Å²) in [5.74, 6) is 0.788. The minimum Gasteiger partial charge on any atom is -0.381 e. The van der Waals surface area contributed by atoms with Crippen molar-refractivity contribution in [2.24, 2.45) is 5.92 Å². The highest BCUT2D eigenvalue weighted by Gasteiger charge is 2.40. The summed E-state index contributed by atoms with van der Waals surface area (Å²) in [6, 6.07) is 6.87. The van der Waals surface area contributed by atoms with Gasteiger partial charge in [-0.1, -0.05) is 6.07 Å². The Kier molecular flexibility index (Phi) is 5.29. The molecule has 0 bridgehead atoms. The van der Waals surface area contributed by atoms with E-state index in [1.165, 1.54) is 5.56 Å². The second-order valence-electron chi connectivity index (χ2n) is 9.26. The molecule has 1 saturated carbocycles. The van der Waals surface area contributed by atoms with Gasteiger partial charge in [0.2, 0.25) is 11.8 Å². The van der Waals surface area contributed by atoms with Crippen LogP contribution in [0.2, 0.25) is 0 Å². The summed E-state index contributed by atoms with van der Waals surface area (Å²) in [6.45, 7) is 7.75. The number of anilines is 2. The Labute approximate surface area is 178 Å². The molecule has 3 fully saturated rings. The molecule has 1 N–H and O–H groups in total. The number of amides is 2. The molecule has 7 heteroatoms. The monoisotopic (exact) mass is 412 g/mol. The van der Waals surface area contributed by atoms with Gasteiger partial charge in [0.15, 0.2) is 0 Å². The molecule has 3 aliphatic heterocycles. The van der Waals surface area contributed by atoms with E-state index >= 15 is 0 Å². The fourth-order valence-corrected chi connectivity index (χ4v) is 5.23. The van der Waals surface area contributed by atoms with Crippen LogP contribution in [-0.4, -0.2) is 61.8 Å². The van der Waals surface area contributed by atoms with E-state index in [0.29, 0.717) is 18.5 Å². The second kappa shape index (κ2) is 7.94. The summed E-state index contributed by atoms with van der Waals surface area (Å²) in [4.78, 5) is 29.2. The van der Waals surface area contributed by atoms with E-state index < -0.39 is 0 Å². The van der Waals surface area contributed by atoms with E-state index in [1.54, 1.807) is 6.92 Å². The van der Waals surface area contributed by atoms with Crippen LogP contribution >= 0.6 is 0 Å². The number of hydrogen-bond donors (Lipinski definition) is 1. The van der Waals surface area contributed by atoms with Gasteiger partial charge in [-0.2, -0.15) is 0 Å². The summed E-state index contributed by atoms with van der Waals surface area (Å²) in [5.41, 5.74) is 6.59. The maximum Gasteiger partial charge on any atom is 0.230 e. The predicted octanol–water partition coefficient (Wildman–Crippen LogP) is 2.27. The smallest absolute Gasteiger partial charge is 0.230 e. The van der Waals surface area contributed by atoms with Gasteiger partial charge in [0, 0.05) is 57.6 Å². The topological polar surface area (TPSA) is 65.1 Å². The van der Waals surface area contributed by atoms with E-state index in [1.807, 2.05) is 22.8 Å². The van der Waals surface area contributed by atoms with Gasteiger partial charge < -0.3 is 14.5 Å². The Morgan fingerprint density at radius 2 is 1.83 bits per heavy atom. The zero-order chi connectivity index (χ0) is 20.8. The minimum absolute atomic E-state index is 0.0132. The van der Waals surface area contributed by atoms with Crippen molar-refractivity contribution in [3.63, 3.8) is 0 Å². The lowest BCUT2D eigenvalue weighted by Gasteiger charge is -2.41. The van der Waals surface area contributed by atoms with Crippen molar-refractivity contribution in [3.8, 4) is 0 Å². The zero-order valence-corrected chi connectivity index (χ0v) is 18.0. The maximum absolute atomic E-state index is 13.0. The third-order valence-corrected chi connectivity index (χ3v) is 7.03. The SMILES string of the molecule is CC(=O)N1c2ccc(C3CNN(C4CCOCC4)C3)cc2N(C(=O)C2CC2)C[C@@H]1C. The first-order chi connectivity index (χ1) is 14.5. The van der Waals surface area contributed by atoms with Crippen LogP contribution in [0, 0.1) is 5.92 Å². The second-order valence-corrected chi connectivity index (χ2v) is 9.26. The standard InChI is InChI=1S/C23H32N4O3/c1-15-13-25(23(29)17-3-4-17)22-11-18(5-6-21(22)27(15)16(2)28)19-12-24-26(14-19)20-7-9-30-10-8-20/h5-6,11,15,17,19-20,24H,3-4,7-10,12-14H2,1-2H3/t15-,19?/m0/s1. The van der Waals surface area contributed by atoms with Crippen molar-refractivity contribution in [1.82, 2.24) is 10.4 Å². The number of nitrogens with one attached hydrogen (secondary N) is 1. The molecule has 5 rings (SSSR count). The average Bonchev–Trinajstić information content (AvgIpc) is 3.49. The Balaban J connectivity index is 1.42. The van der Waals surface area contributed by atoms with Crippen LogP contribution < -0.4 is 15.2 Å². The fraction of sp³-hybridized carbons (Fsp3) is 0.652. The number of hydrazine groups is 1. The van der Waals surface area contributed by atoms with Crippen LogP contribution in [0.1, 0.15) is 51.0 Å². The van der Waals surface area contributed by atoms with Crippen molar-refractivity contribution in [3.05, 3.63) is 23.8 Å². The quantitative estimate of drug-likeness (QED) is 0.825. The third kappa shape index (κ3) is 3.63. The molecule has 2 atom stereocenters. The molecule has 1 unspecified atom stereocenters. The summed E-state index contributed by atoms with van der Waals surface area (Å²) in [7, 11) is 0. The molecule has 2 amide bonds. The highest BCUT2D eigenvalue weighted by molar-refractivity contribution is 6.05. The minimum atomic E-state index is -0.0132. The number of rotatable bonds is 3. The lowest BCUT2D eigenvalue weighted by Crippen LogP contribution is -2.51. The van der Waals surface area contributed by atoms with Crippen molar-refractivity contribution in [2.45, 2.75) is 57.5 Å². The molecule has 0 radical (unpaired) electrons. The van der Waals surface area contributed by atoms with Gasteiger partial charge in [-0.15, -0.1) is 0 Å². The highest BCUT2D eigenvalue weighted by Crippen LogP contribution is 2.41. The van der Waals surface area contributed by atoms with Crippen molar-refractivity contribution in [2.75, 3.05) is 42.6 Å². The first kappa shape index (κ1) is 20.0. The number of fused-ring (bicyclic) bond motifs is 1. The van der Waals surface area contributed by atoms with Crippen molar-refractivity contribution < 1.29 is 14.3 Å². The molecular formula is C23H32N4O3. The van der Waals surface area contributed by atoms with Crippen LogP contribution in [0.15, 0.2) is 18.2 Å². The molecule has 1 aromatic rings. The third-order valence-electron chi connectivity index (χ3n) is 7.03. The Morgan fingerprint density at radius 1 is 1.07 bits per heavy atom. The number of carbonyl (C=O) groups excluding carboxylic acids is 2. The van der Waals surface area contributed by atoms with Gasteiger partial charge >= 0.3 is 0 Å². The van der Waals surface area contributed by atoms with Gasteiger partial charge in [0.05, 0.1) is 17.4 Å². The molecule has 1 aromatic carbocycles. The van der Waals surface area contributed by atoms with Gasteiger partial charge in [-0.3, -0.25) is 15.0 Å². The number of hydrogen-bond acceptors (Lipinski definition) is 5. The van der Waals surface area contributed by atoms with Crippen LogP contribution in [0.3, 0.4) is 0 Å². The van der Waals surface area contributed by atoms with Gasteiger partial charge in [0.25, 0.3) is 0 Å². The van der Waals surface area contributed by atoms with Crippen LogP contribution in [-0.2, 0) is 14.3 Å². The molecule has 1 aliphatic carbocycles. The number of ether oxygens (including phenoxy) is 1. The van der Waals surface area contributed by atoms with Gasteiger partial charge in [-0.05, 0) is 50.3 Å². The largest absolute Gasteiger partial charge is 0.381 e. The number of benzene rings is 1. The Morgan fingerprint density at radius 3 is 2.53 bits per heavy atom. The molecule has 0 aromatic heterocycles. The van der Waals surface area contributed by atoms with Crippen molar-refractivity contribution in [1.29, 1.82) is 0 Å². The molecule has 0 spiro atoms. The average molecular weight is 413 g/mol. The highest BCUT2D eigenvalue weighted by atomic mass is 16.5. The molecule has 30 heavy (non-hydrogen) atoms. The zero-order valence-electron chi connectivity index (χ0n) is 18.0. The van der Waals surface area contributed by atoms with Crippen LogP contribution in [0.5, 0.6) is 0 Å². The van der Waals surface area contributed by atoms with E-state index in [4.69, 9.17) is 4.74 Å². The summed E-state index contributed by atoms with van der Waals surface area (Å²) in [6.07, 6.45) is 4.11. The maximum atomic E-state index is 13.0. The first-order valence-corrected chi connectivity index (χ1v) is 11.4. The first-order valence-electron chi connectivity index (χ1n) is 11.4. The van der Waals surface area contributed by atoms with E-state index in [0.717, 1.165) is 63.4 Å². The van der Waals surface area contributed by atoms with E-state index in [-0.39, 0.29) is 23.8 Å². The van der Waals surface area contributed by atoms with Crippen LogP contribution in [0.4, 0.5) is 11.4 Å². The van der Waals surface area contributed by atoms with Gasteiger partial charge in [-0.25, -0.2) is 5.01 Å². The predicted molar refractivity (Wildman–Crippen MR) is 115 cm³/mol. The van der Waals surface area contributed by atoms with Crippen molar-refractivity contribution >= 4 is 23.2 Å².